The van der Waals surface area contributed by atoms with Crippen molar-refractivity contribution in [2.24, 2.45) is 17.8 Å². The highest BCUT2D eigenvalue weighted by atomic mass is 16.5. The van der Waals surface area contributed by atoms with Crippen LogP contribution in [-0.2, 0) is 4.79 Å². The lowest BCUT2D eigenvalue weighted by Gasteiger charge is -2.39. The summed E-state index contributed by atoms with van der Waals surface area (Å²) in [6, 6.07) is 4.18. The quantitative estimate of drug-likeness (QED) is 0.731. The molecule has 1 aliphatic carbocycles. The molecule has 0 amide bonds. The first-order valence-electron chi connectivity index (χ1n) is 7.99. The Labute approximate surface area is 139 Å². The molecule has 1 aromatic carbocycles. The largest absolute Gasteiger partial charge is 0.508 e. The number of rotatable bonds is 3. The number of ketones is 1. The summed E-state index contributed by atoms with van der Waals surface area (Å²) in [6.45, 7) is 1.57. The summed E-state index contributed by atoms with van der Waals surface area (Å²) in [4.78, 5) is 25.1. The van der Waals surface area contributed by atoms with E-state index in [0.717, 1.165) is 0 Å². The number of hydrogen-bond acceptors (Lipinski definition) is 5. The van der Waals surface area contributed by atoms with Crippen molar-refractivity contribution in [1.29, 1.82) is 0 Å². The van der Waals surface area contributed by atoms with Crippen molar-refractivity contribution in [3.63, 3.8) is 0 Å². The van der Waals surface area contributed by atoms with E-state index in [0.29, 0.717) is 6.42 Å². The van der Waals surface area contributed by atoms with Gasteiger partial charge in [-0.3, -0.25) is 9.59 Å². The van der Waals surface area contributed by atoms with Crippen molar-refractivity contribution >= 4 is 11.8 Å². The highest BCUT2D eigenvalue weighted by Crippen LogP contribution is 2.49. The molecule has 0 radical (unpaired) electrons. The van der Waals surface area contributed by atoms with Gasteiger partial charge < -0.3 is 20.1 Å². The van der Waals surface area contributed by atoms with Crippen LogP contribution >= 0.6 is 0 Å². The maximum absolute atomic E-state index is 13.2. The lowest BCUT2D eigenvalue weighted by Crippen LogP contribution is -2.57. The first kappa shape index (κ1) is 16.5. The molecule has 2 aliphatic rings. The van der Waals surface area contributed by atoms with Gasteiger partial charge in [-0.05, 0) is 37.0 Å². The summed E-state index contributed by atoms with van der Waals surface area (Å²) < 4.78 is 5.99. The number of aliphatic carboxylic acids is 1. The minimum Gasteiger partial charge on any atom is -0.508 e. The highest BCUT2D eigenvalue weighted by Gasteiger charge is 2.61. The fourth-order valence-corrected chi connectivity index (χ4v) is 3.80. The normalized spacial score (nSPS) is 29.8. The molecular formula is C18H20O6. The van der Waals surface area contributed by atoms with E-state index in [1.807, 2.05) is 6.08 Å². The minimum absolute atomic E-state index is 0.0782. The molecule has 4 atom stereocenters. The molecule has 1 spiro atoms. The molecule has 24 heavy (non-hydrogen) atoms. The Bertz CT molecular complexity index is 709. The SMILES string of the molecule is C[C@H](CO)C1C=CCC[C@@H](C(=O)O)[C@@]12Oc1ccc(O)cc1C2=O. The number of fused-ring (bicyclic) bond motifs is 1. The molecule has 0 fully saturated rings. The van der Waals surface area contributed by atoms with Crippen molar-refractivity contribution in [3.05, 3.63) is 35.9 Å². The van der Waals surface area contributed by atoms with E-state index in [9.17, 15) is 24.9 Å². The van der Waals surface area contributed by atoms with Crippen LogP contribution in [0.25, 0.3) is 0 Å². The second-order valence-corrected chi connectivity index (χ2v) is 6.49. The summed E-state index contributed by atoms with van der Waals surface area (Å²) in [7, 11) is 0. The van der Waals surface area contributed by atoms with Gasteiger partial charge in [-0.15, -0.1) is 0 Å². The van der Waals surface area contributed by atoms with Crippen LogP contribution in [-0.4, -0.2) is 39.3 Å². The van der Waals surface area contributed by atoms with Crippen LogP contribution in [0.4, 0.5) is 0 Å². The van der Waals surface area contributed by atoms with Crippen LogP contribution in [0, 0.1) is 17.8 Å². The fourth-order valence-electron chi connectivity index (χ4n) is 3.80. The molecule has 1 aliphatic heterocycles. The monoisotopic (exact) mass is 332 g/mol. The van der Waals surface area contributed by atoms with Gasteiger partial charge in [-0.1, -0.05) is 19.1 Å². The number of phenols is 1. The third kappa shape index (κ3) is 2.29. The number of carboxylic acids is 1. The maximum Gasteiger partial charge on any atom is 0.311 e. The maximum atomic E-state index is 13.2. The molecular weight excluding hydrogens is 312 g/mol. The summed E-state index contributed by atoms with van der Waals surface area (Å²) in [5, 5.41) is 29.0. The Hall–Kier alpha value is -2.34. The third-order valence-corrected chi connectivity index (χ3v) is 5.02. The summed E-state index contributed by atoms with van der Waals surface area (Å²) >= 11 is 0. The van der Waals surface area contributed by atoms with Crippen LogP contribution in [0.1, 0.15) is 30.1 Å². The van der Waals surface area contributed by atoms with Gasteiger partial charge >= 0.3 is 5.97 Å². The smallest absolute Gasteiger partial charge is 0.311 e. The Morgan fingerprint density at radius 2 is 2.21 bits per heavy atom. The van der Waals surface area contributed by atoms with Gasteiger partial charge in [0.05, 0.1) is 5.56 Å². The van der Waals surface area contributed by atoms with Crippen molar-refractivity contribution in [2.75, 3.05) is 6.61 Å². The number of allylic oxidation sites excluding steroid dienone is 1. The third-order valence-electron chi connectivity index (χ3n) is 5.02. The first-order valence-corrected chi connectivity index (χ1v) is 7.99. The molecule has 1 heterocycles. The molecule has 0 bridgehead atoms. The molecule has 3 rings (SSSR count). The van der Waals surface area contributed by atoms with Crippen LogP contribution in [0.15, 0.2) is 30.4 Å². The number of phenolic OH excluding ortho intramolecular Hbond substituents is 1. The van der Waals surface area contributed by atoms with Crippen molar-refractivity contribution in [2.45, 2.75) is 25.4 Å². The van der Waals surface area contributed by atoms with Gasteiger partial charge in [0.25, 0.3) is 0 Å². The predicted molar refractivity (Wildman–Crippen MR) is 85.0 cm³/mol. The van der Waals surface area contributed by atoms with Crippen LogP contribution in [0.2, 0.25) is 0 Å². The van der Waals surface area contributed by atoms with Crippen molar-refractivity contribution < 1.29 is 29.6 Å². The van der Waals surface area contributed by atoms with E-state index in [-0.39, 0.29) is 36.0 Å². The number of aliphatic hydroxyl groups is 1. The number of ether oxygens (including phenoxy) is 1. The average Bonchev–Trinajstić information content (AvgIpc) is 2.72. The van der Waals surface area contributed by atoms with Crippen molar-refractivity contribution in [3.8, 4) is 11.5 Å². The molecule has 0 saturated heterocycles. The number of benzene rings is 1. The second kappa shape index (κ2) is 5.94. The number of aromatic hydroxyl groups is 1. The Kier molecular flexibility index (Phi) is 4.09. The number of hydrogen-bond donors (Lipinski definition) is 3. The van der Waals surface area contributed by atoms with Gasteiger partial charge in [0.15, 0.2) is 5.60 Å². The van der Waals surface area contributed by atoms with E-state index in [1.54, 1.807) is 13.0 Å². The van der Waals surface area contributed by atoms with E-state index in [1.165, 1.54) is 18.2 Å². The molecule has 0 saturated carbocycles. The molecule has 6 nitrogen and oxygen atoms in total. The molecule has 1 aromatic rings. The van der Waals surface area contributed by atoms with Crippen LogP contribution in [0.5, 0.6) is 11.5 Å². The van der Waals surface area contributed by atoms with E-state index < -0.39 is 29.2 Å². The van der Waals surface area contributed by atoms with Crippen molar-refractivity contribution in [1.82, 2.24) is 0 Å². The van der Waals surface area contributed by atoms with Crippen LogP contribution in [0.3, 0.4) is 0 Å². The minimum atomic E-state index is -1.60. The van der Waals surface area contributed by atoms with Gasteiger partial charge in [-0.25, -0.2) is 0 Å². The fraction of sp³-hybridized carbons (Fsp3) is 0.444. The highest BCUT2D eigenvalue weighted by molar-refractivity contribution is 6.10. The molecule has 0 aromatic heterocycles. The zero-order valence-corrected chi connectivity index (χ0v) is 13.3. The van der Waals surface area contributed by atoms with E-state index in [2.05, 4.69) is 0 Å². The lowest BCUT2D eigenvalue weighted by molar-refractivity contribution is -0.150. The van der Waals surface area contributed by atoms with Gasteiger partial charge in [-0.2, -0.15) is 0 Å². The number of aliphatic hydroxyl groups excluding tert-OH is 1. The Morgan fingerprint density at radius 3 is 2.88 bits per heavy atom. The summed E-state index contributed by atoms with van der Waals surface area (Å²) in [5.41, 5.74) is -1.41. The number of carbonyl (C=O) groups is 2. The average molecular weight is 332 g/mol. The second-order valence-electron chi connectivity index (χ2n) is 6.49. The number of Topliss-reactive ketones (excluding diaryl/α,β-unsaturated/α-hetero) is 1. The Balaban J connectivity index is 2.19. The molecule has 6 heteroatoms. The zero-order valence-electron chi connectivity index (χ0n) is 13.3. The number of carboxylic acid groups (broad SMARTS) is 1. The van der Waals surface area contributed by atoms with Gasteiger partial charge in [0, 0.05) is 12.5 Å². The lowest BCUT2D eigenvalue weighted by atomic mass is 9.68. The Morgan fingerprint density at radius 1 is 1.46 bits per heavy atom. The molecule has 128 valence electrons. The number of carbonyl (C=O) groups excluding carboxylic acids is 1. The standard InChI is InChI=1S/C18H20O6/c1-10(9-19)13-4-2-3-5-14(17(22)23)18(13)16(21)12-8-11(20)6-7-15(12)24-18/h2,4,6-8,10,13-14,19-20H,3,5,9H2,1H3,(H,22,23)/t10-,13?,14+,18+/m1/s1. The predicted octanol–water partition coefficient (Wildman–Crippen LogP) is 2.00. The van der Waals surface area contributed by atoms with Gasteiger partial charge in [0.1, 0.15) is 17.4 Å². The summed E-state index contributed by atoms with van der Waals surface area (Å²) in [6.07, 6.45) is 4.42. The molecule has 1 unspecified atom stereocenters. The van der Waals surface area contributed by atoms with Gasteiger partial charge in [0.2, 0.25) is 5.78 Å². The van der Waals surface area contributed by atoms with Crippen LogP contribution < -0.4 is 4.74 Å². The summed E-state index contributed by atoms with van der Waals surface area (Å²) in [5.74, 6) is -3.31. The van der Waals surface area contributed by atoms with E-state index in [4.69, 9.17) is 4.74 Å². The van der Waals surface area contributed by atoms with E-state index >= 15 is 0 Å². The molecule has 3 N–H and O–H groups in total. The first-order chi connectivity index (χ1) is 11.4. The topological polar surface area (TPSA) is 104 Å². The zero-order chi connectivity index (χ0) is 17.5.